The van der Waals surface area contributed by atoms with Crippen molar-refractivity contribution < 1.29 is 0 Å². The number of halogens is 1. The maximum Gasteiger partial charge on any atom is 0.152 e. The lowest BCUT2D eigenvalue weighted by molar-refractivity contribution is 1.05. The highest BCUT2D eigenvalue weighted by molar-refractivity contribution is 9.10. The molecule has 14 heavy (non-hydrogen) atoms. The van der Waals surface area contributed by atoms with E-state index in [4.69, 9.17) is 0 Å². The van der Waals surface area contributed by atoms with Crippen molar-refractivity contribution in [1.82, 2.24) is 10.2 Å². The fraction of sp³-hybridized carbons (Fsp3) is 0.100. The van der Waals surface area contributed by atoms with Gasteiger partial charge in [0.05, 0.1) is 5.69 Å². The van der Waals surface area contributed by atoms with Gasteiger partial charge in [-0.1, -0.05) is 12.1 Å². The maximum atomic E-state index is 4.10. The Hall–Kier alpha value is -1.29. The first-order valence-corrected chi connectivity index (χ1v) is 5.08. The summed E-state index contributed by atoms with van der Waals surface area (Å²) < 4.78 is 1.03. The van der Waals surface area contributed by atoms with Gasteiger partial charge in [-0.2, -0.15) is 5.10 Å². The van der Waals surface area contributed by atoms with Crippen molar-refractivity contribution in [1.29, 1.82) is 0 Å². The van der Waals surface area contributed by atoms with Gasteiger partial charge in [0.1, 0.15) is 0 Å². The van der Waals surface area contributed by atoms with E-state index in [0.29, 0.717) is 0 Å². The Morgan fingerprint density at radius 2 is 2.14 bits per heavy atom. The Kier molecular flexibility index (Phi) is 2.54. The number of nitrogens with zero attached hydrogens (tertiary/aromatic N) is 1. The smallest absolute Gasteiger partial charge is 0.152 e. The first kappa shape index (κ1) is 9.27. The monoisotopic (exact) mass is 251 g/mol. The summed E-state index contributed by atoms with van der Waals surface area (Å²) in [6.07, 6.45) is 0. The molecule has 0 aliphatic rings. The molecule has 0 bridgehead atoms. The molecule has 0 fully saturated rings. The van der Waals surface area contributed by atoms with E-state index < -0.39 is 0 Å². The predicted octanol–water partition coefficient (Wildman–Crippen LogP) is 3.22. The summed E-state index contributed by atoms with van der Waals surface area (Å²) in [7, 11) is 0. The molecule has 0 radical (unpaired) electrons. The summed E-state index contributed by atoms with van der Waals surface area (Å²) in [5, 5.41) is 10.2. The van der Waals surface area contributed by atoms with Gasteiger partial charge in [-0.25, -0.2) is 0 Å². The third-order valence-electron chi connectivity index (χ3n) is 1.84. The topological polar surface area (TPSA) is 40.7 Å². The van der Waals surface area contributed by atoms with E-state index in [1.807, 2.05) is 37.3 Å². The van der Waals surface area contributed by atoms with Crippen LogP contribution in [0.25, 0.3) is 0 Å². The predicted molar refractivity (Wildman–Crippen MR) is 60.7 cm³/mol. The zero-order valence-corrected chi connectivity index (χ0v) is 9.30. The Balaban J connectivity index is 2.23. The number of anilines is 2. The summed E-state index contributed by atoms with van der Waals surface area (Å²) in [6, 6.07) is 9.90. The molecule has 0 spiro atoms. The molecular formula is C10H10BrN3. The lowest BCUT2D eigenvalue weighted by atomic mass is 10.3. The average Bonchev–Trinajstić information content (AvgIpc) is 2.56. The summed E-state index contributed by atoms with van der Waals surface area (Å²) in [6.45, 7) is 1.97. The summed E-state index contributed by atoms with van der Waals surface area (Å²) in [4.78, 5) is 0. The van der Waals surface area contributed by atoms with Crippen molar-refractivity contribution >= 4 is 27.4 Å². The molecular weight excluding hydrogens is 242 g/mol. The van der Waals surface area contributed by atoms with E-state index in [9.17, 15) is 0 Å². The van der Waals surface area contributed by atoms with Crippen LogP contribution >= 0.6 is 15.9 Å². The molecule has 0 aliphatic heterocycles. The molecule has 1 heterocycles. The highest BCUT2D eigenvalue weighted by atomic mass is 79.9. The number of nitrogens with one attached hydrogen (secondary N) is 2. The van der Waals surface area contributed by atoms with Crippen LogP contribution in [0.3, 0.4) is 0 Å². The zero-order chi connectivity index (χ0) is 9.97. The van der Waals surface area contributed by atoms with E-state index in [0.717, 1.165) is 21.7 Å². The van der Waals surface area contributed by atoms with Gasteiger partial charge in [0, 0.05) is 16.2 Å². The second kappa shape index (κ2) is 3.84. The maximum absolute atomic E-state index is 4.10. The molecule has 4 heteroatoms. The first-order chi connectivity index (χ1) is 6.75. The molecule has 1 aromatic heterocycles. The molecule has 2 N–H and O–H groups in total. The Morgan fingerprint density at radius 3 is 2.79 bits per heavy atom. The average molecular weight is 252 g/mol. The number of aryl methyl sites for hydroxylation is 1. The van der Waals surface area contributed by atoms with Crippen molar-refractivity contribution in [3.63, 3.8) is 0 Å². The van der Waals surface area contributed by atoms with Gasteiger partial charge in [0.25, 0.3) is 0 Å². The van der Waals surface area contributed by atoms with Crippen molar-refractivity contribution in [2.75, 3.05) is 5.32 Å². The molecule has 2 aromatic rings. The van der Waals surface area contributed by atoms with Crippen LogP contribution in [-0.4, -0.2) is 10.2 Å². The van der Waals surface area contributed by atoms with Gasteiger partial charge in [-0.3, -0.25) is 5.10 Å². The van der Waals surface area contributed by atoms with Crippen LogP contribution in [0.2, 0.25) is 0 Å². The molecule has 0 aliphatic carbocycles. The SMILES string of the molecule is Cc1cc(Nc2ccccc2Br)n[nH]1. The molecule has 0 amide bonds. The van der Waals surface area contributed by atoms with Crippen molar-refractivity contribution in [3.05, 3.63) is 40.5 Å². The fourth-order valence-electron chi connectivity index (χ4n) is 1.18. The molecule has 2 rings (SSSR count). The minimum Gasteiger partial charge on any atom is -0.338 e. The number of hydrogen-bond acceptors (Lipinski definition) is 2. The standard InChI is InChI=1S/C10H10BrN3/c1-7-6-10(14-13-7)12-9-5-3-2-4-8(9)11/h2-6H,1H3,(H2,12,13,14). The Morgan fingerprint density at radius 1 is 1.36 bits per heavy atom. The van der Waals surface area contributed by atoms with Crippen molar-refractivity contribution in [3.8, 4) is 0 Å². The van der Waals surface area contributed by atoms with Crippen LogP contribution in [-0.2, 0) is 0 Å². The van der Waals surface area contributed by atoms with Crippen LogP contribution in [0, 0.1) is 6.92 Å². The highest BCUT2D eigenvalue weighted by Crippen LogP contribution is 2.24. The second-order valence-electron chi connectivity index (χ2n) is 3.04. The molecule has 72 valence electrons. The van der Waals surface area contributed by atoms with Gasteiger partial charge in [-0.05, 0) is 35.0 Å². The van der Waals surface area contributed by atoms with E-state index >= 15 is 0 Å². The summed E-state index contributed by atoms with van der Waals surface area (Å²) >= 11 is 3.46. The number of hydrogen-bond donors (Lipinski definition) is 2. The molecule has 3 nitrogen and oxygen atoms in total. The first-order valence-electron chi connectivity index (χ1n) is 4.29. The molecule has 0 saturated carbocycles. The second-order valence-corrected chi connectivity index (χ2v) is 3.90. The number of para-hydroxylation sites is 1. The van der Waals surface area contributed by atoms with Gasteiger partial charge in [0.15, 0.2) is 5.82 Å². The molecule has 0 unspecified atom stereocenters. The van der Waals surface area contributed by atoms with Gasteiger partial charge in [-0.15, -0.1) is 0 Å². The number of benzene rings is 1. The lowest BCUT2D eigenvalue weighted by Gasteiger charge is -2.03. The van der Waals surface area contributed by atoms with Gasteiger partial charge >= 0.3 is 0 Å². The largest absolute Gasteiger partial charge is 0.338 e. The summed E-state index contributed by atoms with van der Waals surface area (Å²) in [5.74, 6) is 0.828. The minimum absolute atomic E-state index is 0.828. The molecule has 0 atom stereocenters. The number of H-pyrrole nitrogens is 1. The summed E-state index contributed by atoms with van der Waals surface area (Å²) in [5.41, 5.74) is 2.05. The normalized spacial score (nSPS) is 10.1. The van der Waals surface area contributed by atoms with Crippen molar-refractivity contribution in [2.24, 2.45) is 0 Å². The third kappa shape index (κ3) is 1.96. The third-order valence-corrected chi connectivity index (χ3v) is 2.53. The molecule has 1 aromatic carbocycles. The number of rotatable bonds is 2. The quantitative estimate of drug-likeness (QED) is 0.861. The zero-order valence-electron chi connectivity index (χ0n) is 7.71. The van der Waals surface area contributed by atoms with E-state index in [2.05, 4.69) is 31.4 Å². The van der Waals surface area contributed by atoms with E-state index in [1.165, 1.54) is 0 Å². The van der Waals surface area contributed by atoms with E-state index in [-0.39, 0.29) is 0 Å². The van der Waals surface area contributed by atoms with Crippen molar-refractivity contribution in [2.45, 2.75) is 6.92 Å². The fourth-order valence-corrected chi connectivity index (χ4v) is 1.57. The number of aromatic amines is 1. The van der Waals surface area contributed by atoms with E-state index in [1.54, 1.807) is 0 Å². The molecule has 0 saturated heterocycles. The van der Waals surface area contributed by atoms with Crippen LogP contribution in [0.1, 0.15) is 5.69 Å². The Bertz CT molecular complexity index is 436. The van der Waals surface area contributed by atoms with Gasteiger partial charge in [0.2, 0.25) is 0 Å². The minimum atomic E-state index is 0.828. The number of aromatic nitrogens is 2. The lowest BCUT2D eigenvalue weighted by Crippen LogP contribution is -1.90. The van der Waals surface area contributed by atoms with Gasteiger partial charge < -0.3 is 5.32 Å². The Labute approximate surface area is 90.7 Å². The highest BCUT2D eigenvalue weighted by Gasteiger charge is 2.00. The van der Waals surface area contributed by atoms with Crippen LogP contribution in [0.5, 0.6) is 0 Å². The van der Waals surface area contributed by atoms with Crippen LogP contribution in [0.15, 0.2) is 34.8 Å². The van der Waals surface area contributed by atoms with Crippen LogP contribution in [0.4, 0.5) is 11.5 Å². The van der Waals surface area contributed by atoms with Crippen LogP contribution < -0.4 is 5.32 Å².